The second kappa shape index (κ2) is 5.54. The first-order valence-electron chi connectivity index (χ1n) is 5.74. The van der Waals surface area contributed by atoms with Crippen LogP contribution in [-0.4, -0.2) is 23.5 Å². The fourth-order valence-electron chi connectivity index (χ4n) is 1.65. The van der Waals surface area contributed by atoms with Gasteiger partial charge >= 0.3 is 0 Å². The lowest BCUT2D eigenvalue weighted by Crippen LogP contribution is -1.99. The van der Waals surface area contributed by atoms with Crippen LogP contribution >= 0.6 is 23.5 Å². The maximum atomic E-state index is 5.37. The van der Waals surface area contributed by atoms with E-state index >= 15 is 0 Å². The molecule has 0 spiro atoms. The molecule has 0 unspecified atom stereocenters. The first-order chi connectivity index (χ1) is 9.38. The monoisotopic (exact) mass is 293 g/mol. The highest BCUT2D eigenvalue weighted by Crippen LogP contribution is 2.26. The van der Waals surface area contributed by atoms with E-state index in [1.54, 1.807) is 24.2 Å². The van der Waals surface area contributed by atoms with Crippen molar-refractivity contribution in [2.75, 3.05) is 0 Å². The van der Waals surface area contributed by atoms with E-state index < -0.39 is 0 Å². The minimum Gasteiger partial charge on any atom is -0.461 e. The number of thioether (sulfide) groups is 1. The number of hydrogen-bond acceptors (Lipinski definition) is 7. The van der Waals surface area contributed by atoms with Crippen molar-refractivity contribution in [3.05, 3.63) is 30.3 Å². The van der Waals surface area contributed by atoms with Gasteiger partial charge < -0.3 is 4.42 Å². The lowest BCUT2D eigenvalue weighted by Gasteiger charge is -2.04. The van der Waals surface area contributed by atoms with E-state index in [1.807, 2.05) is 16.7 Å². The molecule has 98 valence electrons. The number of rotatable bonds is 5. The summed E-state index contributed by atoms with van der Waals surface area (Å²) in [4.78, 5) is 0. The molecule has 0 saturated carbocycles. The van der Waals surface area contributed by atoms with Crippen LogP contribution in [0.5, 0.6) is 0 Å². The van der Waals surface area contributed by atoms with Crippen molar-refractivity contribution in [1.82, 2.24) is 23.5 Å². The van der Waals surface area contributed by atoms with Crippen LogP contribution in [0.15, 0.2) is 34.2 Å². The topological polar surface area (TPSA) is 69.6 Å². The van der Waals surface area contributed by atoms with E-state index in [9.17, 15) is 0 Å². The van der Waals surface area contributed by atoms with E-state index in [4.69, 9.17) is 4.42 Å². The van der Waals surface area contributed by atoms with Gasteiger partial charge in [-0.15, -0.1) is 10.2 Å². The van der Waals surface area contributed by atoms with Crippen LogP contribution in [-0.2, 0) is 12.3 Å². The highest BCUT2D eigenvalue weighted by atomic mass is 32.2. The average molecular weight is 293 g/mol. The molecule has 19 heavy (non-hydrogen) atoms. The molecule has 0 aromatic carbocycles. The molecule has 0 saturated heterocycles. The van der Waals surface area contributed by atoms with Crippen molar-refractivity contribution in [1.29, 1.82) is 0 Å². The Bertz CT molecular complexity index is 632. The summed E-state index contributed by atoms with van der Waals surface area (Å²) in [7, 11) is 0. The molecule has 6 nitrogen and oxygen atoms in total. The van der Waals surface area contributed by atoms with Crippen LogP contribution < -0.4 is 0 Å². The summed E-state index contributed by atoms with van der Waals surface area (Å²) in [6, 6.07) is 3.73. The zero-order valence-corrected chi connectivity index (χ0v) is 11.8. The molecule has 3 rings (SSSR count). The van der Waals surface area contributed by atoms with Crippen molar-refractivity contribution in [2.45, 2.75) is 24.4 Å². The van der Waals surface area contributed by atoms with Gasteiger partial charge in [0, 0.05) is 12.3 Å². The van der Waals surface area contributed by atoms with Gasteiger partial charge in [0.1, 0.15) is 0 Å². The standard InChI is InChI=1S/C11H11N5OS2/c1-2-16-10(9-4-3-5-17-9)13-14-11(16)18-7-8-6-12-19-15-8/h3-6H,2,7H2,1H3. The quantitative estimate of drug-likeness (QED) is 0.674. The number of furan rings is 1. The SMILES string of the molecule is CCn1c(SCc2cnsn2)nnc1-c1ccco1. The maximum absolute atomic E-state index is 5.37. The van der Waals surface area contributed by atoms with Gasteiger partial charge in [0.2, 0.25) is 0 Å². The fourth-order valence-corrected chi connectivity index (χ4v) is 3.05. The summed E-state index contributed by atoms with van der Waals surface area (Å²) >= 11 is 2.82. The molecule has 3 heterocycles. The van der Waals surface area contributed by atoms with E-state index in [0.29, 0.717) is 0 Å². The Hall–Kier alpha value is -1.67. The molecule has 0 atom stereocenters. The molecule has 0 N–H and O–H groups in total. The average Bonchev–Trinajstić information content (AvgIpc) is 3.16. The van der Waals surface area contributed by atoms with Gasteiger partial charge in [-0.25, -0.2) is 0 Å². The predicted molar refractivity (Wildman–Crippen MR) is 72.9 cm³/mol. The van der Waals surface area contributed by atoms with E-state index in [-0.39, 0.29) is 0 Å². The Kier molecular flexibility index (Phi) is 3.60. The van der Waals surface area contributed by atoms with Gasteiger partial charge in [0.05, 0.1) is 29.9 Å². The van der Waals surface area contributed by atoms with Crippen LogP contribution in [0.4, 0.5) is 0 Å². The summed E-state index contributed by atoms with van der Waals surface area (Å²) in [5.41, 5.74) is 0.959. The maximum Gasteiger partial charge on any atom is 0.200 e. The Balaban J connectivity index is 1.82. The number of aromatic nitrogens is 5. The summed E-state index contributed by atoms with van der Waals surface area (Å²) in [5, 5.41) is 9.27. The van der Waals surface area contributed by atoms with Crippen LogP contribution in [0.25, 0.3) is 11.6 Å². The number of hydrogen-bond donors (Lipinski definition) is 0. The van der Waals surface area contributed by atoms with Crippen LogP contribution in [0.2, 0.25) is 0 Å². The summed E-state index contributed by atoms with van der Waals surface area (Å²) in [5.74, 6) is 2.23. The minimum absolute atomic E-state index is 0.733. The van der Waals surface area contributed by atoms with Crippen LogP contribution in [0, 0.1) is 0 Å². The first-order valence-corrected chi connectivity index (χ1v) is 7.46. The van der Waals surface area contributed by atoms with Gasteiger partial charge in [0.15, 0.2) is 16.7 Å². The van der Waals surface area contributed by atoms with Crippen molar-refractivity contribution in [3.8, 4) is 11.6 Å². The molecule has 0 radical (unpaired) electrons. The molecule has 0 fully saturated rings. The van der Waals surface area contributed by atoms with Crippen LogP contribution in [0.1, 0.15) is 12.6 Å². The highest BCUT2D eigenvalue weighted by molar-refractivity contribution is 7.98. The molecule has 3 aromatic heterocycles. The lowest BCUT2D eigenvalue weighted by atomic mass is 10.4. The van der Waals surface area contributed by atoms with E-state index in [1.165, 1.54) is 11.7 Å². The van der Waals surface area contributed by atoms with Crippen LogP contribution in [0.3, 0.4) is 0 Å². The lowest BCUT2D eigenvalue weighted by molar-refractivity contribution is 0.567. The molecule has 0 aliphatic rings. The van der Waals surface area contributed by atoms with Gasteiger partial charge in [-0.2, -0.15) is 8.75 Å². The summed E-state index contributed by atoms with van der Waals surface area (Å²) in [6.45, 7) is 2.85. The van der Waals surface area contributed by atoms with Gasteiger partial charge in [-0.3, -0.25) is 4.57 Å². The van der Waals surface area contributed by atoms with E-state index in [0.717, 1.165) is 34.7 Å². The normalized spacial score (nSPS) is 11.0. The largest absolute Gasteiger partial charge is 0.461 e. The molecule has 8 heteroatoms. The first kappa shape index (κ1) is 12.4. The summed E-state index contributed by atoms with van der Waals surface area (Å²) < 4.78 is 15.6. The Morgan fingerprint density at radius 3 is 3.05 bits per heavy atom. The third-order valence-electron chi connectivity index (χ3n) is 2.53. The Morgan fingerprint density at radius 1 is 1.42 bits per heavy atom. The zero-order chi connectivity index (χ0) is 13.1. The number of nitrogens with zero attached hydrogens (tertiary/aromatic N) is 5. The third-order valence-corrected chi connectivity index (χ3v) is 4.05. The smallest absolute Gasteiger partial charge is 0.200 e. The second-order valence-electron chi connectivity index (χ2n) is 3.72. The third kappa shape index (κ3) is 2.54. The molecule has 3 aromatic rings. The molecular formula is C11H11N5OS2. The molecule has 0 bridgehead atoms. The Labute approximate surface area is 118 Å². The van der Waals surface area contributed by atoms with Crippen molar-refractivity contribution in [3.63, 3.8) is 0 Å². The van der Waals surface area contributed by atoms with Gasteiger partial charge in [-0.05, 0) is 19.1 Å². The van der Waals surface area contributed by atoms with Crippen molar-refractivity contribution >= 4 is 23.5 Å². The molecule has 0 amide bonds. The minimum atomic E-state index is 0.733. The molecule has 0 aliphatic heterocycles. The second-order valence-corrected chi connectivity index (χ2v) is 5.21. The molecular weight excluding hydrogens is 282 g/mol. The fraction of sp³-hybridized carbons (Fsp3) is 0.273. The van der Waals surface area contributed by atoms with Gasteiger partial charge in [0.25, 0.3) is 0 Å². The van der Waals surface area contributed by atoms with Crippen molar-refractivity contribution < 1.29 is 4.42 Å². The zero-order valence-electron chi connectivity index (χ0n) is 10.2. The predicted octanol–water partition coefficient (Wildman–Crippen LogP) is 2.70. The highest BCUT2D eigenvalue weighted by Gasteiger charge is 2.15. The van der Waals surface area contributed by atoms with Crippen molar-refractivity contribution in [2.24, 2.45) is 0 Å². The molecule has 0 aliphatic carbocycles. The summed E-state index contributed by atoms with van der Waals surface area (Å²) in [6.07, 6.45) is 3.41. The van der Waals surface area contributed by atoms with Gasteiger partial charge in [-0.1, -0.05) is 11.8 Å². The van der Waals surface area contributed by atoms with E-state index in [2.05, 4.69) is 25.9 Å². The Morgan fingerprint density at radius 2 is 2.37 bits per heavy atom.